The van der Waals surface area contributed by atoms with E-state index in [0.717, 1.165) is 24.0 Å². The summed E-state index contributed by atoms with van der Waals surface area (Å²) in [5.74, 6) is 2.24. The van der Waals surface area contributed by atoms with Gasteiger partial charge in [-0.05, 0) is 31.6 Å². The summed E-state index contributed by atoms with van der Waals surface area (Å²) < 4.78 is 0. The summed E-state index contributed by atoms with van der Waals surface area (Å²) in [5, 5.41) is 3.21. The Bertz CT molecular complexity index is 250. The molecule has 0 aromatic heterocycles. The monoisotopic (exact) mass is 223 g/mol. The number of aliphatic imine (C=N–C) groups is 1. The third-order valence-electron chi connectivity index (χ3n) is 3.23. The Labute approximate surface area is 99.2 Å². The van der Waals surface area contributed by atoms with Crippen molar-refractivity contribution in [2.45, 2.75) is 39.5 Å². The normalized spacial score (nSPS) is 26.5. The lowest BCUT2D eigenvalue weighted by Crippen LogP contribution is -2.36. The minimum Gasteiger partial charge on any atom is -0.370 e. The first kappa shape index (κ1) is 13.1. The van der Waals surface area contributed by atoms with Crippen LogP contribution in [-0.2, 0) is 0 Å². The van der Waals surface area contributed by atoms with Gasteiger partial charge in [0.15, 0.2) is 5.96 Å². The van der Waals surface area contributed by atoms with Crippen LogP contribution in [0.25, 0.3) is 0 Å². The first-order valence-electron chi connectivity index (χ1n) is 6.26. The predicted molar refractivity (Wildman–Crippen MR) is 70.4 cm³/mol. The number of nitrogens with one attached hydrogen (secondary N) is 1. The molecule has 1 aliphatic rings. The quantitative estimate of drug-likeness (QED) is 0.436. The standard InChI is InChI=1S/C13H25N3/c1-10(2)8-15-13(14)16-9-12-6-4-11(3)5-7-12/h11-12H,1,4-9H2,2-3H3,(H3,14,15,16). The lowest BCUT2D eigenvalue weighted by molar-refractivity contribution is 0.290. The molecule has 1 fully saturated rings. The second-order valence-corrected chi connectivity index (χ2v) is 5.17. The second kappa shape index (κ2) is 6.56. The SMILES string of the molecule is C=C(C)CN=C(N)NCC1CCC(C)CC1. The average molecular weight is 223 g/mol. The molecule has 0 aliphatic heterocycles. The number of hydrogen-bond acceptors (Lipinski definition) is 1. The number of nitrogens with two attached hydrogens (primary N) is 1. The van der Waals surface area contributed by atoms with Crippen LogP contribution in [0.5, 0.6) is 0 Å². The molecular weight excluding hydrogens is 198 g/mol. The predicted octanol–water partition coefficient (Wildman–Crippen LogP) is 2.29. The third kappa shape index (κ3) is 5.19. The topological polar surface area (TPSA) is 50.4 Å². The van der Waals surface area contributed by atoms with Crippen molar-refractivity contribution in [3.8, 4) is 0 Å². The highest BCUT2D eigenvalue weighted by atomic mass is 15.1. The number of nitrogens with zero attached hydrogens (tertiary/aromatic N) is 1. The minimum atomic E-state index is 0.557. The van der Waals surface area contributed by atoms with E-state index in [1.807, 2.05) is 6.92 Å². The second-order valence-electron chi connectivity index (χ2n) is 5.17. The summed E-state index contributed by atoms with van der Waals surface area (Å²) in [6.45, 7) is 9.69. The van der Waals surface area contributed by atoms with Gasteiger partial charge in [0, 0.05) is 6.54 Å². The van der Waals surface area contributed by atoms with Gasteiger partial charge in [-0.25, -0.2) is 4.99 Å². The van der Waals surface area contributed by atoms with Gasteiger partial charge in [-0.15, -0.1) is 0 Å². The summed E-state index contributed by atoms with van der Waals surface area (Å²) in [4.78, 5) is 4.21. The van der Waals surface area contributed by atoms with Gasteiger partial charge in [-0.3, -0.25) is 0 Å². The zero-order valence-corrected chi connectivity index (χ0v) is 10.6. The summed E-state index contributed by atoms with van der Waals surface area (Å²) in [6, 6.07) is 0. The fourth-order valence-corrected chi connectivity index (χ4v) is 2.06. The molecule has 0 aromatic rings. The molecule has 0 aromatic carbocycles. The minimum absolute atomic E-state index is 0.557. The van der Waals surface area contributed by atoms with Crippen molar-refractivity contribution in [1.82, 2.24) is 5.32 Å². The molecule has 0 radical (unpaired) electrons. The highest BCUT2D eigenvalue weighted by Gasteiger charge is 2.17. The molecule has 16 heavy (non-hydrogen) atoms. The molecule has 0 bridgehead atoms. The van der Waals surface area contributed by atoms with Crippen LogP contribution in [0.15, 0.2) is 17.1 Å². The van der Waals surface area contributed by atoms with Crippen LogP contribution in [0.4, 0.5) is 0 Å². The molecule has 0 saturated heterocycles. The lowest BCUT2D eigenvalue weighted by Gasteiger charge is -2.26. The van der Waals surface area contributed by atoms with Crippen molar-refractivity contribution in [1.29, 1.82) is 0 Å². The Morgan fingerprint density at radius 3 is 2.56 bits per heavy atom. The number of rotatable bonds is 4. The van der Waals surface area contributed by atoms with Crippen molar-refractivity contribution in [2.75, 3.05) is 13.1 Å². The van der Waals surface area contributed by atoms with E-state index >= 15 is 0 Å². The van der Waals surface area contributed by atoms with Crippen LogP contribution >= 0.6 is 0 Å². The van der Waals surface area contributed by atoms with E-state index in [1.165, 1.54) is 25.7 Å². The van der Waals surface area contributed by atoms with Gasteiger partial charge in [0.2, 0.25) is 0 Å². The Balaban J connectivity index is 2.18. The number of guanidine groups is 1. The molecule has 1 rings (SSSR count). The maximum Gasteiger partial charge on any atom is 0.188 e. The van der Waals surface area contributed by atoms with Crippen LogP contribution in [-0.4, -0.2) is 19.0 Å². The van der Waals surface area contributed by atoms with E-state index < -0.39 is 0 Å². The molecule has 0 heterocycles. The molecule has 3 N–H and O–H groups in total. The highest BCUT2D eigenvalue weighted by Crippen LogP contribution is 2.27. The fourth-order valence-electron chi connectivity index (χ4n) is 2.06. The van der Waals surface area contributed by atoms with Crippen molar-refractivity contribution >= 4 is 5.96 Å². The summed E-state index contributed by atoms with van der Waals surface area (Å²) in [5.41, 5.74) is 6.80. The fraction of sp³-hybridized carbons (Fsp3) is 0.769. The maximum absolute atomic E-state index is 5.76. The maximum atomic E-state index is 5.76. The Kier molecular flexibility index (Phi) is 5.36. The van der Waals surface area contributed by atoms with Crippen LogP contribution in [0.2, 0.25) is 0 Å². The summed E-state index contributed by atoms with van der Waals surface area (Å²) >= 11 is 0. The van der Waals surface area contributed by atoms with Crippen LogP contribution in [0.3, 0.4) is 0 Å². The molecule has 0 atom stereocenters. The van der Waals surface area contributed by atoms with Gasteiger partial charge >= 0.3 is 0 Å². The van der Waals surface area contributed by atoms with Crippen LogP contribution < -0.4 is 11.1 Å². The van der Waals surface area contributed by atoms with E-state index in [4.69, 9.17) is 5.73 Å². The van der Waals surface area contributed by atoms with Crippen molar-refractivity contribution in [2.24, 2.45) is 22.6 Å². The molecule has 1 aliphatic carbocycles. The van der Waals surface area contributed by atoms with E-state index in [0.29, 0.717) is 12.5 Å². The molecule has 92 valence electrons. The van der Waals surface area contributed by atoms with Gasteiger partial charge in [0.25, 0.3) is 0 Å². The average Bonchev–Trinajstić information content (AvgIpc) is 2.25. The lowest BCUT2D eigenvalue weighted by atomic mass is 9.83. The smallest absolute Gasteiger partial charge is 0.188 e. The first-order chi connectivity index (χ1) is 7.58. The molecule has 1 saturated carbocycles. The summed E-state index contributed by atoms with van der Waals surface area (Å²) in [7, 11) is 0. The number of hydrogen-bond donors (Lipinski definition) is 2. The van der Waals surface area contributed by atoms with Gasteiger partial charge in [-0.2, -0.15) is 0 Å². The van der Waals surface area contributed by atoms with E-state index in [9.17, 15) is 0 Å². The van der Waals surface area contributed by atoms with E-state index in [-0.39, 0.29) is 0 Å². The molecular formula is C13H25N3. The zero-order valence-electron chi connectivity index (χ0n) is 10.6. The first-order valence-corrected chi connectivity index (χ1v) is 6.26. The third-order valence-corrected chi connectivity index (χ3v) is 3.23. The molecule has 3 nitrogen and oxygen atoms in total. The van der Waals surface area contributed by atoms with Gasteiger partial charge in [0.1, 0.15) is 0 Å². The van der Waals surface area contributed by atoms with E-state index in [2.05, 4.69) is 23.8 Å². The summed E-state index contributed by atoms with van der Waals surface area (Å²) in [6.07, 6.45) is 5.36. The van der Waals surface area contributed by atoms with Crippen molar-refractivity contribution in [3.63, 3.8) is 0 Å². The van der Waals surface area contributed by atoms with Crippen molar-refractivity contribution in [3.05, 3.63) is 12.2 Å². The Morgan fingerprint density at radius 1 is 1.38 bits per heavy atom. The molecule has 0 spiro atoms. The van der Waals surface area contributed by atoms with Gasteiger partial charge in [-0.1, -0.05) is 31.9 Å². The van der Waals surface area contributed by atoms with Crippen molar-refractivity contribution < 1.29 is 0 Å². The highest BCUT2D eigenvalue weighted by molar-refractivity contribution is 5.77. The molecule has 3 heteroatoms. The Hall–Kier alpha value is -0.990. The van der Waals surface area contributed by atoms with E-state index in [1.54, 1.807) is 0 Å². The van der Waals surface area contributed by atoms with Crippen LogP contribution in [0, 0.1) is 11.8 Å². The van der Waals surface area contributed by atoms with Gasteiger partial charge in [0.05, 0.1) is 6.54 Å². The Morgan fingerprint density at radius 2 is 2.00 bits per heavy atom. The molecule has 0 amide bonds. The molecule has 0 unspecified atom stereocenters. The zero-order chi connectivity index (χ0) is 12.0. The van der Waals surface area contributed by atoms with Gasteiger partial charge < -0.3 is 11.1 Å². The van der Waals surface area contributed by atoms with Crippen LogP contribution in [0.1, 0.15) is 39.5 Å². The largest absolute Gasteiger partial charge is 0.370 e.